The second-order valence-corrected chi connectivity index (χ2v) is 7.91. The number of nitrogens with zero attached hydrogens (tertiary/aromatic N) is 1. The van der Waals surface area contributed by atoms with Gasteiger partial charge in [0.1, 0.15) is 0 Å². The Balaban J connectivity index is 1.73. The van der Waals surface area contributed by atoms with Gasteiger partial charge in [0.25, 0.3) is 5.91 Å². The summed E-state index contributed by atoms with van der Waals surface area (Å²) in [5.41, 5.74) is 2.21. The molecule has 4 nitrogen and oxygen atoms in total. The minimum absolute atomic E-state index is 0.0588. The molecule has 0 aliphatic rings. The average Bonchev–Trinajstić information content (AvgIpc) is 2.75. The molecule has 30 heavy (non-hydrogen) atoms. The molecule has 1 aromatic heterocycles. The number of nitrogens with one attached hydrogen (secondary N) is 1. The maximum absolute atomic E-state index is 13.0. The van der Waals surface area contributed by atoms with Crippen molar-refractivity contribution in [3.63, 3.8) is 0 Å². The Morgan fingerprint density at radius 2 is 1.67 bits per heavy atom. The van der Waals surface area contributed by atoms with Crippen molar-refractivity contribution in [1.29, 1.82) is 0 Å². The summed E-state index contributed by atoms with van der Waals surface area (Å²) in [6.45, 7) is 0.0588. The van der Waals surface area contributed by atoms with E-state index in [4.69, 9.17) is 34.8 Å². The molecule has 0 unspecified atom stereocenters. The van der Waals surface area contributed by atoms with Crippen LogP contribution in [0.1, 0.15) is 15.9 Å². The summed E-state index contributed by atoms with van der Waals surface area (Å²) in [6.07, 6.45) is 1.73. The monoisotopic (exact) mass is 456 g/mol. The number of pyridine rings is 1. The predicted octanol–water partition coefficient (Wildman–Crippen LogP) is 5.88. The van der Waals surface area contributed by atoms with Crippen molar-refractivity contribution in [2.75, 3.05) is 0 Å². The Bertz CT molecular complexity index is 1320. The highest BCUT2D eigenvalue weighted by Gasteiger charge is 2.13. The normalized spacial score (nSPS) is 10.9. The van der Waals surface area contributed by atoms with Crippen LogP contribution in [0.5, 0.6) is 0 Å². The van der Waals surface area contributed by atoms with E-state index in [0.29, 0.717) is 37.1 Å². The van der Waals surface area contributed by atoms with Gasteiger partial charge in [0.15, 0.2) is 5.43 Å². The molecule has 150 valence electrons. The van der Waals surface area contributed by atoms with Gasteiger partial charge in [0.05, 0.1) is 15.6 Å². The van der Waals surface area contributed by atoms with Crippen LogP contribution >= 0.6 is 34.8 Å². The quantitative estimate of drug-likeness (QED) is 0.416. The van der Waals surface area contributed by atoms with E-state index in [1.54, 1.807) is 36.5 Å². The molecule has 0 aliphatic carbocycles. The van der Waals surface area contributed by atoms with Crippen molar-refractivity contribution in [1.82, 2.24) is 9.88 Å². The Kier molecular flexibility index (Phi) is 5.82. The number of carbonyl (C=O) groups is 1. The van der Waals surface area contributed by atoms with Crippen molar-refractivity contribution < 1.29 is 4.79 Å². The van der Waals surface area contributed by atoms with Gasteiger partial charge in [-0.05, 0) is 48.5 Å². The largest absolute Gasteiger partial charge is 0.348 e. The molecule has 1 N–H and O–H groups in total. The van der Waals surface area contributed by atoms with Crippen LogP contribution < -0.4 is 10.7 Å². The molecule has 0 atom stereocenters. The summed E-state index contributed by atoms with van der Waals surface area (Å²) in [5.74, 6) is -0.351. The molecule has 4 aromatic rings. The number of hydrogen-bond acceptors (Lipinski definition) is 2. The van der Waals surface area contributed by atoms with Gasteiger partial charge in [-0.25, -0.2) is 0 Å². The van der Waals surface area contributed by atoms with Crippen LogP contribution in [-0.4, -0.2) is 10.5 Å². The summed E-state index contributed by atoms with van der Waals surface area (Å²) in [5, 5.41) is 4.49. The highest BCUT2D eigenvalue weighted by molar-refractivity contribution is 6.42. The van der Waals surface area contributed by atoms with E-state index in [1.165, 1.54) is 6.07 Å². The van der Waals surface area contributed by atoms with Crippen molar-refractivity contribution in [2.45, 2.75) is 6.54 Å². The number of benzene rings is 3. The van der Waals surface area contributed by atoms with E-state index in [-0.39, 0.29) is 17.9 Å². The first-order valence-electron chi connectivity index (χ1n) is 9.06. The van der Waals surface area contributed by atoms with Gasteiger partial charge in [0.2, 0.25) is 0 Å². The molecule has 0 bridgehead atoms. The van der Waals surface area contributed by atoms with Crippen LogP contribution in [0.15, 0.2) is 77.7 Å². The zero-order valence-electron chi connectivity index (χ0n) is 15.5. The van der Waals surface area contributed by atoms with Crippen LogP contribution in [0, 0.1) is 0 Å². The minimum Gasteiger partial charge on any atom is -0.348 e. The number of rotatable bonds is 4. The lowest BCUT2D eigenvalue weighted by Crippen LogP contribution is -2.27. The first kappa shape index (κ1) is 20.5. The Morgan fingerprint density at radius 3 is 2.40 bits per heavy atom. The van der Waals surface area contributed by atoms with Gasteiger partial charge >= 0.3 is 0 Å². The van der Waals surface area contributed by atoms with Gasteiger partial charge in [-0.2, -0.15) is 0 Å². The summed E-state index contributed by atoms with van der Waals surface area (Å²) < 4.78 is 1.89. The second kappa shape index (κ2) is 8.52. The van der Waals surface area contributed by atoms with Crippen molar-refractivity contribution >= 4 is 51.6 Å². The van der Waals surface area contributed by atoms with Crippen molar-refractivity contribution in [3.05, 3.63) is 109 Å². The van der Waals surface area contributed by atoms with E-state index in [0.717, 1.165) is 5.69 Å². The first-order chi connectivity index (χ1) is 14.4. The molecular weight excluding hydrogens is 443 g/mol. The number of fused-ring (bicyclic) bond motifs is 1. The Hall–Kier alpha value is -2.79. The van der Waals surface area contributed by atoms with E-state index in [9.17, 15) is 9.59 Å². The molecule has 0 saturated carbocycles. The smallest absolute Gasteiger partial charge is 0.251 e. The van der Waals surface area contributed by atoms with Gasteiger partial charge in [-0.15, -0.1) is 0 Å². The lowest BCUT2D eigenvalue weighted by Gasteiger charge is -2.14. The maximum atomic E-state index is 13.0. The average molecular weight is 458 g/mol. The molecule has 4 rings (SSSR count). The van der Waals surface area contributed by atoms with Crippen LogP contribution in [0.25, 0.3) is 16.6 Å². The van der Waals surface area contributed by atoms with Crippen LogP contribution in [0.2, 0.25) is 15.1 Å². The first-order valence-corrected chi connectivity index (χ1v) is 10.2. The number of carbonyl (C=O) groups excluding carboxylic acids is 1. The van der Waals surface area contributed by atoms with Crippen LogP contribution in [0.4, 0.5) is 0 Å². The van der Waals surface area contributed by atoms with Crippen LogP contribution in [-0.2, 0) is 6.54 Å². The fourth-order valence-corrected chi connectivity index (χ4v) is 3.66. The zero-order chi connectivity index (χ0) is 21.3. The Labute approximate surface area is 187 Å². The predicted molar refractivity (Wildman–Crippen MR) is 122 cm³/mol. The SMILES string of the molecule is O=C(NCc1cn(-c2ccccc2)c2cc(Cl)ccc2c1=O)c1ccc(Cl)c(Cl)c1. The van der Waals surface area contributed by atoms with Crippen LogP contribution in [0.3, 0.4) is 0 Å². The second-order valence-electron chi connectivity index (χ2n) is 6.66. The highest BCUT2D eigenvalue weighted by Crippen LogP contribution is 2.23. The molecule has 1 amide bonds. The van der Waals surface area contributed by atoms with Gasteiger partial charge in [-0.1, -0.05) is 53.0 Å². The molecule has 0 aliphatic heterocycles. The summed E-state index contributed by atoms with van der Waals surface area (Å²) in [6, 6.07) is 19.4. The lowest BCUT2D eigenvalue weighted by molar-refractivity contribution is 0.0951. The van der Waals surface area contributed by atoms with E-state index < -0.39 is 0 Å². The summed E-state index contributed by atoms with van der Waals surface area (Å²) >= 11 is 18.1. The van der Waals surface area contributed by atoms with Gasteiger partial charge in [0, 0.05) is 40.0 Å². The number of para-hydroxylation sites is 1. The third kappa shape index (κ3) is 4.08. The molecule has 7 heteroatoms. The molecule has 3 aromatic carbocycles. The number of aromatic nitrogens is 1. The molecule has 0 radical (unpaired) electrons. The van der Waals surface area contributed by atoms with Gasteiger partial charge < -0.3 is 9.88 Å². The minimum atomic E-state index is -0.351. The Morgan fingerprint density at radius 1 is 0.900 bits per heavy atom. The standard InChI is InChI=1S/C23H15Cl3N2O2/c24-16-7-8-18-21(11-16)28(17-4-2-1-3-5-17)13-15(22(18)29)12-27-23(30)14-6-9-19(25)20(26)10-14/h1-11,13H,12H2,(H,27,30). The van der Waals surface area contributed by atoms with E-state index in [2.05, 4.69) is 5.32 Å². The third-order valence-electron chi connectivity index (χ3n) is 4.70. The van der Waals surface area contributed by atoms with E-state index in [1.807, 2.05) is 34.9 Å². The summed E-state index contributed by atoms with van der Waals surface area (Å²) in [7, 11) is 0. The molecule has 1 heterocycles. The van der Waals surface area contributed by atoms with Crippen molar-refractivity contribution in [2.24, 2.45) is 0 Å². The zero-order valence-corrected chi connectivity index (χ0v) is 17.8. The number of halogens is 3. The van der Waals surface area contributed by atoms with Gasteiger partial charge in [-0.3, -0.25) is 9.59 Å². The fourth-order valence-electron chi connectivity index (χ4n) is 3.20. The molecule has 0 spiro atoms. The van der Waals surface area contributed by atoms with Crippen molar-refractivity contribution in [3.8, 4) is 5.69 Å². The molecule has 0 saturated heterocycles. The maximum Gasteiger partial charge on any atom is 0.251 e. The van der Waals surface area contributed by atoms with E-state index >= 15 is 0 Å². The molecule has 0 fully saturated rings. The highest BCUT2D eigenvalue weighted by atomic mass is 35.5. The lowest BCUT2D eigenvalue weighted by atomic mass is 10.1. The third-order valence-corrected chi connectivity index (χ3v) is 5.67. The molecular formula is C23H15Cl3N2O2. The topological polar surface area (TPSA) is 51.1 Å². The summed E-state index contributed by atoms with van der Waals surface area (Å²) in [4.78, 5) is 25.5. The number of hydrogen-bond donors (Lipinski definition) is 1. The number of amides is 1. The fraction of sp³-hybridized carbons (Fsp3) is 0.0435.